The number of rotatable bonds is 38. The first-order chi connectivity index (χ1) is 52.9. The van der Waals surface area contributed by atoms with Crippen LogP contribution in [0.4, 0.5) is 0 Å². The van der Waals surface area contributed by atoms with Crippen molar-refractivity contribution in [3.63, 3.8) is 0 Å². The molecule has 16 atom stereocenters. The number of aliphatic hydroxyl groups is 9. The van der Waals surface area contributed by atoms with E-state index in [1.165, 1.54) is 25.9 Å². The molecule has 1 aliphatic heterocycles. The number of benzene rings is 2. The van der Waals surface area contributed by atoms with Gasteiger partial charge in [-0.1, -0.05) is 232 Å². The number of ketones is 1. The van der Waals surface area contributed by atoms with E-state index in [1.54, 1.807) is 28.1 Å². The molecule has 1 fully saturated rings. The lowest BCUT2D eigenvalue weighted by Gasteiger charge is -2.40. The largest absolute Gasteiger partial charge is 0.497 e. The molecule has 1 aliphatic rings. The first kappa shape index (κ1) is 119. The summed E-state index contributed by atoms with van der Waals surface area (Å²) in [6.45, 7) is 71.8. The third kappa shape index (κ3) is 54.0. The predicted molar refractivity (Wildman–Crippen MR) is 488 cm³/mol. The summed E-state index contributed by atoms with van der Waals surface area (Å²) in [6, 6.07) is 15.6. The van der Waals surface area contributed by atoms with Gasteiger partial charge in [-0.2, -0.15) is 0 Å². The van der Waals surface area contributed by atoms with E-state index < -0.39 is 54.6 Å². The van der Waals surface area contributed by atoms with Gasteiger partial charge in [-0.3, -0.25) is 19.2 Å². The van der Waals surface area contributed by atoms with Gasteiger partial charge in [0.15, 0.2) is 0 Å². The van der Waals surface area contributed by atoms with Crippen molar-refractivity contribution in [3.8, 4) is 11.5 Å². The lowest BCUT2D eigenvalue weighted by atomic mass is 9.78. The van der Waals surface area contributed by atoms with Gasteiger partial charge in [0, 0.05) is 62.9 Å². The molecule has 0 saturated carbocycles. The third-order valence-electron chi connectivity index (χ3n) is 21.5. The molecule has 1 saturated heterocycles. The monoisotopic (exact) mass is 1660 g/mol. The highest BCUT2D eigenvalue weighted by atomic mass is 16.5. The van der Waals surface area contributed by atoms with Crippen LogP contribution >= 0.6 is 0 Å². The van der Waals surface area contributed by atoms with E-state index >= 15 is 0 Å². The van der Waals surface area contributed by atoms with E-state index in [-0.39, 0.29) is 118 Å². The first-order valence-corrected chi connectivity index (χ1v) is 44.1. The zero-order valence-electron chi connectivity index (χ0n) is 80.4. The van der Waals surface area contributed by atoms with Crippen molar-refractivity contribution in [3.05, 3.63) is 59.7 Å². The summed E-state index contributed by atoms with van der Waals surface area (Å²) in [6.07, 6.45) is 3.89. The minimum Gasteiger partial charge on any atom is -0.497 e. The topological polar surface area (TPSA) is 320 Å². The van der Waals surface area contributed by atoms with Crippen molar-refractivity contribution >= 4 is 23.5 Å². The number of nitrogens with one attached hydrogen (secondary N) is 4. The highest BCUT2D eigenvalue weighted by Crippen LogP contribution is 2.35. The Hall–Kier alpha value is -4.32. The summed E-state index contributed by atoms with van der Waals surface area (Å²) in [5, 5.41) is 103. The second kappa shape index (κ2) is 57.9. The maximum Gasteiger partial charge on any atom is 0.225 e. The van der Waals surface area contributed by atoms with E-state index in [0.29, 0.717) is 75.8 Å². The Kier molecular flexibility index (Phi) is 58.9. The molecule has 20 nitrogen and oxygen atoms in total. The summed E-state index contributed by atoms with van der Waals surface area (Å²) >= 11 is 0. The second-order valence-corrected chi connectivity index (χ2v) is 42.1. The van der Waals surface area contributed by atoms with E-state index in [0.717, 1.165) is 54.5 Å². The molecule has 2 aromatic rings. The van der Waals surface area contributed by atoms with E-state index in [1.807, 2.05) is 208 Å². The number of nitrogens with zero attached hydrogens (tertiary/aromatic N) is 1. The number of carbonyl (C=O) groups excluding carboxylic acids is 4. The van der Waals surface area contributed by atoms with Crippen LogP contribution in [0.1, 0.15) is 336 Å². The number of Topliss-reactive ketones (excluding diaryl/α,β-unsaturated/α-hetero) is 1. The Morgan fingerprint density at radius 3 is 1.32 bits per heavy atom. The van der Waals surface area contributed by atoms with Crippen molar-refractivity contribution in [1.82, 2.24) is 26.2 Å². The van der Waals surface area contributed by atoms with Crippen LogP contribution in [-0.2, 0) is 19.2 Å². The van der Waals surface area contributed by atoms with Crippen LogP contribution in [0.5, 0.6) is 11.5 Å². The van der Waals surface area contributed by atoms with Gasteiger partial charge < -0.3 is 81.6 Å². The highest BCUT2D eigenvalue weighted by Gasteiger charge is 2.36. The molecule has 3 amide bonds. The minimum atomic E-state index is -0.695. The zero-order chi connectivity index (χ0) is 90.9. The molecule has 2 aromatic carbocycles. The molecule has 0 spiro atoms. The smallest absolute Gasteiger partial charge is 0.225 e. The van der Waals surface area contributed by atoms with Gasteiger partial charge in [-0.05, 0) is 203 Å². The van der Waals surface area contributed by atoms with Crippen molar-refractivity contribution < 1.29 is 74.6 Å². The molecule has 0 radical (unpaired) electrons. The zero-order valence-corrected chi connectivity index (χ0v) is 80.4. The van der Waals surface area contributed by atoms with Gasteiger partial charge in [0.1, 0.15) is 17.3 Å². The molecule has 1 unspecified atom stereocenters. The van der Waals surface area contributed by atoms with Crippen LogP contribution in [0, 0.1) is 85.8 Å². The quantitative estimate of drug-likeness (QED) is 0.0297. The van der Waals surface area contributed by atoms with Crippen molar-refractivity contribution in [2.45, 2.75) is 386 Å². The highest BCUT2D eigenvalue weighted by molar-refractivity contribution is 5.88. The average Bonchev–Trinajstić information content (AvgIpc) is 0.856. The normalized spacial score (nSPS) is 17.6. The van der Waals surface area contributed by atoms with Crippen LogP contribution in [0.2, 0.25) is 0 Å². The van der Waals surface area contributed by atoms with E-state index in [2.05, 4.69) is 81.6 Å². The van der Waals surface area contributed by atoms with Crippen LogP contribution in [-0.4, -0.2) is 189 Å². The van der Waals surface area contributed by atoms with Gasteiger partial charge in [0.2, 0.25) is 17.7 Å². The SMILES string of the molecule is C.CC(C)CN1CCCC([C@@H](O)C(C)(C)C)C1.CC(C)CNC(=O)[C@@H](CC[C@@H](O)C(C)(C)C)[C@H](C)O.CC(C)NC(=O)[C@@H](CC(=O)[C@H](C)C[C@H](O)C(C)(C)C)C(C)C.CCC[C@H](O)[C@H](CC[C@@H](O)C(C)(C)C)C(=O)NCC(C)C.COc1ccc([C@H](NCC(C)(C)C)[C@H](C)O)cc1.COc1cccc([C@H](CC[C@@H](O)C(C)(C)C)[C@@H](C)O)c1. The lowest BCUT2D eigenvalue weighted by molar-refractivity contribution is -0.133. The number of likely N-dealkylation sites (tertiary alicyclic amines) is 1. The maximum atomic E-state index is 12.4. The maximum absolute atomic E-state index is 12.4. The Morgan fingerprint density at radius 2 is 0.949 bits per heavy atom. The number of carbonyl (C=O) groups is 4. The number of piperidine rings is 1. The summed E-state index contributed by atoms with van der Waals surface area (Å²) in [5.41, 5.74) is 1.59. The Labute approximate surface area is 717 Å². The van der Waals surface area contributed by atoms with Crippen LogP contribution in [0.15, 0.2) is 48.5 Å². The van der Waals surface area contributed by atoms with Crippen LogP contribution < -0.4 is 30.7 Å². The van der Waals surface area contributed by atoms with Gasteiger partial charge >= 0.3 is 0 Å². The Morgan fingerprint density at radius 1 is 0.496 bits per heavy atom. The Balaban J connectivity index is -0.000000655. The number of hydrogen-bond donors (Lipinski definition) is 13. The Bertz CT molecular complexity index is 2890. The van der Waals surface area contributed by atoms with Gasteiger partial charge in [0.05, 0.1) is 87.0 Å². The summed E-state index contributed by atoms with van der Waals surface area (Å²) in [5.74, 6) is 2.10. The first-order valence-electron chi connectivity index (χ1n) is 44.1. The molecule has 690 valence electrons. The van der Waals surface area contributed by atoms with Gasteiger partial charge in [-0.15, -0.1) is 0 Å². The van der Waals surface area contributed by atoms with Gasteiger partial charge in [0.25, 0.3) is 0 Å². The van der Waals surface area contributed by atoms with Crippen LogP contribution in [0.25, 0.3) is 0 Å². The number of amides is 3. The third-order valence-corrected chi connectivity index (χ3v) is 21.5. The van der Waals surface area contributed by atoms with Crippen molar-refractivity contribution in [1.29, 1.82) is 0 Å². The molecule has 0 aliphatic carbocycles. The summed E-state index contributed by atoms with van der Waals surface area (Å²) < 4.78 is 10.4. The fourth-order valence-corrected chi connectivity index (χ4v) is 13.1. The molecule has 3 rings (SSSR count). The average molecular weight is 1660 g/mol. The molecule has 0 bridgehead atoms. The van der Waals surface area contributed by atoms with Crippen molar-refractivity contribution in [2.24, 2.45) is 85.8 Å². The second-order valence-electron chi connectivity index (χ2n) is 42.1. The number of methoxy groups -OCH3 is 2. The fraction of sp³-hybridized carbons (Fsp3) is 0.835. The van der Waals surface area contributed by atoms with E-state index in [9.17, 15) is 65.1 Å². The standard InChI is InChI=1S/C18H35NO3.C17H35NO3.C17H28O3.C15H31NO3.C15H25NO2.C14H29NO.CH4/c1-11(2)14(17(22)19-12(3)4)10-15(20)13(5)9-16(21)18(6,7)8;1-7-8-14(19)13(16(21)18-11-12(2)3)9-10-15(20)17(4,5)6;1-12(18)15(9-10-16(19)17(2,3)4)13-7-6-8-14(11-13)20-5;1-10(2)9-16-14(19)12(11(3)17)7-8-13(18)15(4,5)6;1-11(17)14(16-10-15(2,3)4)12-6-8-13(18-5)9-7-12;1-11(2)9-15-8-6-7-12(10-15)13(16)14(3,4)5;/h11-14,16,21H,9-10H2,1-8H3,(H,19,22);12-15,19-20H,7-11H2,1-6H3,(H,18,21);6-8,11-12,15-16,18-19H,9-10H2,1-5H3;10-13,17-18H,7-9H2,1-6H3,(H,16,19);6-9,11,14,16-17H,10H2,1-5H3;11-13,16H,6-10H2,1-5H3;1H4/t13-,14+,16+;13-,14-,15+;12-,15-,16-;11-,12-,13+;11-,14+;12?,13-;/m101001./s1. The van der Waals surface area contributed by atoms with Crippen LogP contribution in [0.3, 0.4) is 0 Å². The van der Waals surface area contributed by atoms with Crippen molar-refractivity contribution in [2.75, 3.05) is 53.5 Å². The molecule has 117 heavy (non-hydrogen) atoms. The number of hydrogen-bond acceptors (Lipinski definition) is 17. The minimum absolute atomic E-state index is 0. The predicted octanol–water partition coefficient (Wildman–Crippen LogP) is 17.3. The molecular weight excluding hydrogens is 1480 g/mol. The molecule has 0 aromatic heterocycles. The molecule has 1 heterocycles. The van der Waals surface area contributed by atoms with E-state index in [4.69, 9.17) is 9.47 Å². The number of aliphatic hydroxyl groups excluding tert-OH is 9. The summed E-state index contributed by atoms with van der Waals surface area (Å²) in [7, 11) is 3.29. The molecule has 13 N–H and O–H groups in total. The number of ether oxygens (including phenoxy) is 2. The summed E-state index contributed by atoms with van der Waals surface area (Å²) in [4.78, 5) is 51.4. The lowest BCUT2D eigenvalue weighted by Crippen LogP contribution is -2.45. The van der Waals surface area contributed by atoms with Gasteiger partial charge in [-0.25, -0.2) is 0 Å². The molecular formula is C97H187N5O15. The molecule has 20 heteroatoms. The fourth-order valence-electron chi connectivity index (χ4n) is 13.1.